The van der Waals surface area contributed by atoms with Crippen LogP contribution in [0.15, 0.2) is 18.2 Å². The lowest BCUT2D eigenvalue weighted by Crippen LogP contribution is -2.48. The number of likely N-dealkylation sites (N-methyl/N-ethyl adjacent to an activating group) is 1. The lowest BCUT2D eigenvalue weighted by molar-refractivity contribution is -0.130. The summed E-state index contributed by atoms with van der Waals surface area (Å²) in [6, 6.07) is 6.26. The molecule has 2 saturated heterocycles. The third-order valence-electron chi connectivity index (χ3n) is 5.96. The van der Waals surface area contributed by atoms with Gasteiger partial charge >= 0.3 is 0 Å². The van der Waals surface area contributed by atoms with Gasteiger partial charge in [0.2, 0.25) is 12.7 Å². The lowest BCUT2D eigenvalue weighted by atomic mass is 9.79. The van der Waals surface area contributed by atoms with Gasteiger partial charge in [-0.25, -0.2) is 0 Å². The summed E-state index contributed by atoms with van der Waals surface area (Å²) >= 11 is 0. The van der Waals surface area contributed by atoms with E-state index in [2.05, 4.69) is 21.9 Å². The van der Waals surface area contributed by atoms with Crippen LogP contribution in [0.5, 0.6) is 11.5 Å². The molecule has 3 heterocycles. The molecule has 0 bridgehead atoms. The Labute approximate surface area is 155 Å². The fraction of sp³-hybridized carbons (Fsp3) is 0.650. The van der Waals surface area contributed by atoms with E-state index in [9.17, 15) is 4.79 Å². The highest BCUT2D eigenvalue weighted by Gasteiger charge is 2.41. The zero-order chi connectivity index (χ0) is 18.1. The first-order chi connectivity index (χ1) is 12.5. The SMILES string of the molecule is CN(C)C(=O)CN1CCCC2(CCN(Cc3ccc4c(c3)OCO4)C2)C1. The molecular weight excluding hydrogens is 330 g/mol. The maximum absolute atomic E-state index is 12.1. The molecule has 3 aliphatic rings. The zero-order valence-corrected chi connectivity index (χ0v) is 15.9. The maximum Gasteiger partial charge on any atom is 0.236 e. The van der Waals surface area contributed by atoms with Crippen molar-refractivity contribution in [3.8, 4) is 11.5 Å². The Bertz CT molecular complexity index is 678. The number of ether oxygens (including phenoxy) is 2. The Balaban J connectivity index is 1.35. The predicted octanol–water partition coefficient (Wildman–Crippen LogP) is 1.79. The minimum atomic E-state index is 0.206. The third-order valence-corrected chi connectivity index (χ3v) is 5.96. The summed E-state index contributed by atoms with van der Waals surface area (Å²) in [4.78, 5) is 18.7. The summed E-state index contributed by atoms with van der Waals surface area (Å²) in [6.07, 6.45) is 3.69. The van der Waals surface area contributed by atoms with Gasteiger partial charge in [-0.05, 0) is 55.5 Å². The summed E-state index contributed by atoms with van der Waals surface area (Å²) in [5.41, 5.74) is 1.63. The largest absolute Gasteiger partial charge is 0.454 e. The van der Waals surface area contributed by atoms with Crippen LogP contribution in [0.1, 0.15) is 24.8 Å². The Morgan fingerprint density at radius 1 is 1.12 bits per heavy atom. The molecular formula is C20H29N3O3. The summed E-state index contributed by atoms with van der Waals surface area (Å²) in [6.45, 7) is 6.17. The topological polar surface area (TPSA) is 45.3 Å². The second-order valence-electron chi connectivity index (χ2n) is 8.25. The van der Waals surface area contributed by atoms with Crippen LogP contribution in [0.2, 0.25) is 0 Å². The molecule has 4 rings (SSSR count). The molecule has 1 unspecified atom stereocenters. The van der Waals surface area contributed by atoms with E-state index < -0.39 is 0 Å². The maximum atomic E-state index is 12.1. The highest BCUT2D eigenvalue weighted by Crippen LogP contribution is 2.40. The van der Waals surface area contributed by atoms with E-state index in [1.165, 1.54) is 24.8 Å². The number of hydrogen-bond donors (Lipinski definition) is 0. The fourth-order valence-electron chi connectivity index (χ4n) is 4.57. The molecule has 1 aromatic rings. The molecule has 26 heavy (non-hydrogen) atoms. The Morgan fingerprint density at radius 2 is 1.92 bits per heavy atom. The Hall–Kier alpha value is -1.79. The van der Waals surface area contributed by atoms with Crippen LogP contribution in [-0.4, -0.2) is 74.2 Å². The van der Waals surface area contributed by atoms with Gasteiger partial charge in [-0.15, -0.1) is 0 Å². The fourth-order valence-corrected chi connectivity index (χ4v) is 4.57. The van der Waals surface area contributed by atoms with Crippen LogP contribution in [0.4, 0.5) is 0 Å². The minimum Gasteiger partial charge on any atom is -0.454 e. The molecule has 0 radical (unpaired) electrons. The first-order valence-corrected chi connectivity index (χ1v) is 9.56. The van der Waals surface area contributed by atoms with Crippen LogP contribution in [0.25, 0.3) is 0 Å². The van der Waals surface area contributed by atoms with Crippen molar-refractivity contribution in [2.24, 2.45) is 5.41 Å². The number of hydrogen-bond acceptors (Lipinski definition) is 5. The van der Waals surface area contributed by atoms with Gasteiger partial charge in [0.1, 0.15) is 0 Å². The number of likely N-dealkylation sites (tertiary alicyclic amines) is 2. The molecule has 142 valence electrons. The number of rotatable bonds is 4. The van der Waals surface area contributed by atoms with Gasteiger partial charge in [-0.2, -0.15) is 0 Å². The molecule has 0 N–H and O–H groups in total. The number of carbonyl (C=O) groups excluding carboxylic acids is 1. The van der Waals surface area contributed by atoms with E-state index in [1.807, 2.05) is 20.2 Å². The molecule has 1 spiro atoms. The van der Waals surface area contributed by atoms with Crippen molar-refractivity contribution < 1.29 is 14.3 Å². The van der Waals surface area contributed by atoms with Crippen LogP contribution in [-0.2, 0) is 11.3 Å². The number of piperidine rings is 1. The summed E-state index contributed by atoms with van der Waals surface area (Å²) in [5, 5.41) is 0. The highest BCUT2D eigenvalue weighted by atomic mass is 16.7. The highest BCUT2D eigenvalue weighted by molar-refractivity contribution is 5.77. The first kappa shape index (κ1) is 17.6. The minimum absolute atomic E-state index is 0.206. The molecule has 0 aliphatic carbocycles. The molecule has 1 aromatic carbocycles. The zero-order valence-electron chi connectivity index (χ0n) is 15.9. The number of benzene rings is 1. The molecule has 1 amide bonds. The predicted molar refractivity (Wildman–Crippen MR) is 99.3 cm³/mol. The van der Waals surface area contributed by atoms with Crippen molar-refractivity contribution in [3.05, 3.63) is 23.8 Å². The second kappa shape index (κ2) is 7.08. The lowest BCUT2D eigenvalue weighted by Gasteiger charge is -2.40. The van der Waals surface area contributed by atoms with Gasteiger partial charge in [-0.1, -0.05) is 6.07 Å². The van der Waals surface area contributed by atoms with Gasteiger partial charge in [0.25, 0.3) is 0 Å². The molecule has 0 saturated carbocycles. The van der Waals surface area contributed by atoms with Crippen LogP contribution in [0.3, 0.4) is 0 Å². The summed E-state index contributed by atoms with van der Waals surface area (Å²) in [5.74, 6) is 1.92. The number of amides is 1. The van der Waals surface area contributed by atoms with E-state index in [1.54, 1.807) is 4.90 Å². The van der Waals surface area contributed by atoms with E-state index in [0.717, 1.165) is 44.2 Å². The average molecular weight is 359 g/mol. The van der Waals surface area contributed by atoms with Crippen LogP contribution >= 0.6 is 0 Å². The van der Waals surface area contributed by atoms with Gasteiger partial charge < -0.3 is 14.4 Å². The third kappa shape index (κ3) is 3.67. The number of nitrogens with zero attached hydrogens (tertiary/aromatic N) is 3. The standard InChI is InChI=1S/C20H29N3O3/c1-21(2)19(24)12-22-8-3-6-20(13-22)7-9-23(14-20)11-16-4-5-17-18(10-16)26-15-25-17/h4-5,10H,3,6-9,11-15H2,1-2H3. The van der Waals surface area contributed by atoms with Gasteiger partial charge in [0.15, 0.2) is 11.5 Å². The van der Waals surface area contributed by atoms with Crippen LogP contribution in [0, 0.1) is 5.41 Å². The molecule has 6 nitrogen and oxygen atoms in total. The summed E-state index contributed by atoms with van der Waals surface area (Å²) < 4.78 is 10.9. The quantitative estimate of drug-likeness (QED) is 0.820. The molecule has 0 aromatic heterocycles. The van der Waals surface area contributed by atoms with Crippen LogP contribution < -0.4 is 9.47 Å². The molecule has 2 fully saturated rings. The van der Waals surface area contributed by atoms with Crippen molar-refractivity contribution in [2.75, 3.05) is 53.6 Å². The molecule has 1 atom stereocenters. The van der Waals surface area contributed by atoms with Gasteiger partial charge in [0, 0.05) is 33.7 Å². The number of carbonyl (C=O) groups is 1. The first-order valence-electron chi connectivity index (χ1n) is 9.56. The average Bonchev–Trinajstić information content (AvgIpc) is 3.22. The van der Waals surface area contributed by atoms with E-state index in [0.29, 0.717) is 18.8 Å². The van der Waals surface area contributed by atoms with Crippen molar-refractivity contribution >= 4 is 5.91 Å². The van der Waals surface area contributed by atoms with Gasteiger partial charge in [0.05, 0.1) is 6.54 Å². The van der Waals surface area contributed by atoms with E-state index in [-0.39, 0.29) is 5.91 Å². The Morgan fingerprint density at radius 3 is 2.77 bits per heavy atom. The van der Waals surface area contributed by atoms with Crippen molar-refractivity contribution in [1.82, 2.24) is 14.7 Å². The van der Waals surface area contributed by atoms with E-state index in [4.69, 9.17) is 9.47 Å². The molecule has 6 heteroatoms. The number of fused-ring (bicyclic) bond motifs is 1. The Kier molecular flexibility index (Phi) is 4.80. The normalized spacial score (nSPS) is 25.8. The second-order valence-corrected chi connectivity index (χ2v) is 8.25. The van der Waals surface area contributed by atoms with Crippen molar-refractivity contribution in [2.45, 2.75) is 25.8 Å². The summed E-state index contributed by atoms with van der Waals surface area (Å²) in [7, 11) is 3.68. The van der Waals surface area contributed by atoms with Gasteiger partial charge in [-0.3, -0.25) is 14.6 Å². The van der Waals surface area contributed by atoms with Crippen molar-refractivity contribution in [1.29, 1.82) is 0 Å². The molecule has 3 aliphatic heterocycles. The monoisotopic (exact) mass is 359 g/mol. The van der Waals surface area contributed by atoms with E-state index >= 15 is 0 Å². The smallest absolute Gasteiger partial charge is 0.236 e. The van der Waals surface area contributed by atoms with Crippen molar-refractivity contribution in [3.63, 3.8) is 0 Å².